The van der Waals surface area contributed by atoms with Gasteiger partial charge in [0.1, 0.15) is 5.82 Å². The fourth-order valence-electron chi connectivity index (χ4n) is 2.70. The first kappa shape index (κ1) is 11.4. The van der Waals surface area contributed by atoms with E-state index in [-0.39, 0.29) is 0 Å². The molecule has 1 N–H and O–H groups in total. The van der Waals surface area contributed by atoms with Crippen molar-refractivity contribution in [3.05, 3.63) is 65.2 Å². The van der Waals surface area contributed by atoms with Gasteiger partial charge in [0.2, 0.25) is 0 Å². The van der Waals surface area contributed by atoms with Crippen LogP contribution in [0.5, 0.6) is 0 Å². The Morgan fingerprint density at radius 2 is 1.94 bits per heavy atom. The van der Waals surface area contributed by atoms with Crippen LogP contribution >= 0.6 is 0 Å². The van der Waals surface area contributed by atoms with Crippen molar-refractivity contribution < 1.29 is 9.50 Å². The maximum Gasteiger partial charge on any atom is 0.147 e. The first-order valence-corrected chi connectivity index (χ1v) is 6.08. The number of aromatic nitrogens is 1. The molecular weight excluding hydrogens is 229 g/mol. The third-order valence-electron chi connectivity index (χ3n) is 3.68. The second-order valence-corrected chi connectivity index (χ2v) is 4.83. The van der Waals surface area contributed by atoms with Gasteiger partial charge in [0.25, 0.3) is 0 Å². The number of pyridine rings is 1. The highest BCUT2D eigenvalue weighted by Gasteiger charge is 2.35. The minimum atomic E-state index is -1.11. The van der Waals surface area contributed by atoms with E-state index in [0.717, 1.165) is 18.2 Å². The molecule has 3 rings (SSSR count). The van der Waals surface area contributed by atoms with E-state index in [0.29, 0.717) is 18.4 Å². The zero-order valence-electron chi connectivity index (χ0n) is 9.94. The van der Waals surface area contributed by atoms with Crippen molar-refractivity contribution in [1.29, 1.82) is 0 Å². The number of benzene rings is 1. The molecule has 1 aliphatic rings. The predicted octanol–water partition coefficient (Wildman–Crippen LogP) is 2.60. The molecule has 0 fully saturated rings. The lowest BCUT2D eigenvalue weighted by Gasteiger charge is -2.34. The number of rotatable bonds is 1. The van der Waals surface area contributed by atoms with Gasteiger partial charge in [-0.25, -0.2) is 4.39 Å². The second kappa shape index (κ2) is 4.18. The lowest BCUT2D eigenvalue weighted by atomic mass is 9.76. The smallest absolute Gasteiger partial charge is 0.147 e. The summed E-state index contributed by atoms with van der Waals surface area (Å²) in [6, 6.07) is 9.59. The lowest BCUT2D eigenvalue weighted by molar-refractivity contribution is 0.0187. The number of nitrogens with zero attached hydrogens (tertiary/aromatic N) is 1. The van der Waals surface area contributed by atoms with Crippen molar-refractivity contribution in [2.45, 2.75) is 24.9 Å². The molecule has 92 valence electrons. The quantitative estimate of drug-likeness (QED) is 0.835. The van der Waals surface area contributed by atoms with E-state index in [1.807, 2.05) is 18.2 Å². The van der Waals surface area contributed by atoms with Crippen LogP contribution in [0, 0.1) is 5.82 Å². The van der Waals surface area contributed by atoms with Gasteiger partial charge in [-0.15, -0.1) is 0 Å². The molecule has 1 heterocycles. The largest absolute Gasteiger partial charge is 0.385 e. The normalized spacial score (nSPS) is 22.6. The first-order chi connectivity index (χ1) is 8.69. The minimum absolute atomic E-state index is 0.354. The van der Waals surface area contributed by atoms with Gasteiger partial charge in [0, 0.05) is 18.2 Å². The van der Waals surface area contributed by atoms with Crippen LogP contribution in [0.3, 0.4) is 0 Å². The average molecular weight is 243 g/mol. The van der Waals surface area contributed by atoms with Crippen LogP contribution in [0.4, 0.5) is 4.39 Å². The summed E-state index contributed by atoms with van der Waals surface area (Å²) in [5, 5.41) is 10.7. The second-order valence-electron chi connectivity index (χ2n) is 4.83. The minimum Gasteiger partial charge on any atom is -0.385 e. The number of hydrogen-bond acceptors (Lipinski definition) is 2. The zero-order valence-corrected chi connectivity index (χ0v) is 9.94. The van der Waals surface area contributed by atoms with E-state index in [1.165, 1.54) is 11.8 Å². The molecule has 0 amide bonds. The number of hydrogen-bond donors (Lipinski definition) is 1. The van der Waals surface area contributed by atoms with Gasteiger partial charge >= 0.3 is 0 Å². The summed E-state index contributed by atoms with van der Waals surface area (Å²) in [6.45, 7) is 0. The van der Waals surface area contributed by atoms with Crippen molar-refractivity contribution in [2.75, 3.05) is 0 Å². The molecule has 1 aliphatic carbocycles. The van der Waals surface area contributed by atoms with Crippen molar-refractivity contribution in [3.8, 4) is 0 Å². The Morgan fingerprint density at radius 3 is 2.72 bits per heavy atom. The Kier molecular flexibility index (Phi) is 2.63. The van der Waals surface area contributed by atoms with Gasteiger partial charge in [-0.1, -0.05) is 24.3 Å². The molecule has 0 spiro atoms. The molecule has 0 bridgehead atoms. The Morgan fingerprint density at radius 1 is 1.17 bits per heavy atom. The summed E-state index contributed by atoms with van der Waals surface area (Å²) in [7, 11) is 0. The third-order valence-corrected chi connectivity index (χ3v) is 3.68. The summed E-state index contributed by atoms with van der Waals surface area (Å²) in [5.41, 5.74) is 1.59. The van der Waals surface area contributed by atoms with Gasteiger partial charge < -0.3 is 5.11 Å². The van der Waals surface area contributed by atoms with Crippen LogP contribution in [0.1, 0.15) is 23.1 Å². The molecule has 0 saturated heterocycles. The van der Waals surface area contributed by atoms with Crippen LogP contribution in [0.25, 0.3) is 0 Å². The van der Waals surface area contributed by atoms with Crippen molar-refractivity contribution in [1.82, 2.24) is 4.98 Å². The highest BCUT2D eigenvalue weighted by Crippen LogP contribution is 2.37. The molecule has 3 heteroatoms. The fraction of sp³-hybridized carbons (Fsp3) is 0.267. The van der Waals surface area contributed by atoms with Crippen LogP contribution in [-0.2, 0) is 18.4 Å². The number of fused-ring (bicyclic) bond motifs is 1. The van der Waals surface area contributed by atoms with E-state index in [1.54, 1.807) is 6.07 Å². The highest BCUT2D eigenvalue weighted by molar-refractivity contribution is 5.35. The van der Waals surface area contributed by atoms with E-state index in [4.69, 9.17) is 0 Å². The molecule has 1 aromatic carbocycles. The number of aliphatic hydroxyl groups is 1. The monoisotopic (exact) mass is 243 g/mol. The van der Waals surface area contributed by atoms with Gasteiger partial charge in [-0.2, -0.15) is 0 Å². The van der Waals surface area contributed by atoms with Crippen molar-refractivity contribution in [3.63, 3.8) is 0 Å². The van der Waals surface area contributed by atoms with Crippen LogP contribution in [0.2, 0.25) is 0 Å². The maximum absolute atomic E-state index is 13.8. The Hall–Kier alpha value is -1.74. The molecule has 0 aliphatic heterocycles. The van der Waals surface area contributed by atoms with Crippen molar-refractivity contribution >= 4 is 0 Å². The molecule has 2 nitrogen and oxygen atoms in total. The van der Waals surface area contributed by atoms with Gasteiger partial charge in [-0.05, 0) is 30.0 Å². The topological polar surface area (TPSA) is 33.1 Å². The van der Waals surface area contributed by atoms with E-state index in [2.05, 4.69) is 11.1 Å². The molecule has 1 unspecified atom stereocenters. The fourth-order valence-corrected chi connectivity index (χ4v) is 2.70. The maximum atomic E-state index is 13.8. The summed E-state index contributed by atoms with van der Waals surface area (Å²) >= 11 is 0. The Labute approximate surface area is 105 Å². The zero-order chi connectivity index (χ0) is 12.6. The summed E-state index contributed by atoms with van der Waals surface area (Å²) < 4.78 is 13.8. The van der Waals surface area contributed by atoms with Crippen LogP contribution in [0.15, 0.2) is 42.7 Å². The molecule has 1 aromatic heterocycles. The molecular formula is C15H14FNO. The van der Waals surface area contributed by atoms with Crippen LogP contribution in [-0.4, -0.2) is 10.1 Å². The van der Waals surface area contributed by atoms with Crippen molar-refractivity contribution in [2.24, 2.45) is 0 Å². The molecule has 0 radical (unpaired) electrons. The van der Waals surface area contributed by atoms with E-state index in [9.17, 15) is 9.50 Å². The molecule has 0 saturated carbocycles. The first-order valence-electron chi connectivity index (χ1n) is 6.08. The Bertz CT molecular complexity index is 584. The van der Waals surface area contributed by atoms with Gasteiger partial charge in [0.15, 0.2) is 0 Å². The summed E-state index contributed by atoms with van der Waals surface area (Å²) in [5.74, 6) is -0.431. The Balaban J connectivity index is 2.02. The molecule has 2 aromatic rings. The summed E-state index contributed by atoms with van der Waals surface area (Å²) in [4.78, 5) is 3.73. The molecule has 18 heavy (non-hydrogen) atoms. The molecule has 1 atom stereocenters. The summed E-state index contributed by atoms with van der Waals surface area (Å²) in [6.07, 6.45) is 4.47. The van der Waals surface area contributed by atoms with Crippen LogP contribution < -0.4 is 0 Å². The average Bonchev–Trinajstić information content (AvgIpc) is 2.39. The lowest BCUT2D eigenvalue weighted by Crippen LogP contribution is -2.34. The standard InChI is InChI=1S/C15H14FNO/c16-14-10-17-8-6-13(14)15(18)7-5-11-3-1-2-4-12(11)9-15/h1-4,6,8,10,18H,5,7,9H2. The number of halogens is 1. The van der Waals surface area contributed by atoms with E-state index < -0.39 is 11.4 Å². The van der Waals surface area contributed by atoms with Gasteiger partial charge in [0.05, 0.1) is 11.8 Å². The third kappa shape index (κ3) is 1.81. The highest BCUT2D eigenvalue weighted by atomic mass is 19.1. The SMILES string of the molecule is OC1(c2ccncc2F)CCc2ccccc2C1. The predicted molar refractivity (Wildman–Crippen MR) is 66.6 cm³/mol. The number of aryl methyl sites for hydroxylation is 1. The van der Waals surface area contributed by atoms with E-state index >= 15 is 0 Å². The van der Waals surface area contributed by atoms with Gasteiger partial charge in [-0.3, -0.25) is 4.98 Å².